The van der Waals surface area contributed by atoms with E-state index in [1.807, 2.05) is 13.0 Å². The maximum atomic E-state index is 5.15. The maximum absolute atomic E-state index is 5.15. The molecule has 21 heavy (non-hydrogen) atoms. The van der Waals surface area contributed by atoms with E-state index in [1.54, 1.807) is 0 Å². The molecule has 3 aromatic rings. The zero-order chi connectivity index (χ0) is 14.2. The Morgan fingerprint density at radius 2 is 2.24 bits per heavy atom. The topological polar surface area (TPSA) is 43.0 Å². The molecule has 0 amide bonds. The minimum absolute atomic E-state index is 0.737. The summed E-state index contributed by atoms with van der Waals surface area (Å²) in [5, 5.41) is 9.00. The predicted octanol–water partition coefficient (Wildman–Crippen LogP) is 3.24. The fourth-order valence-corrected chi connectivity index (χ4v) is 2.79. The van der Waals surface area contributed by atoms with Gasteiger partial charge < -0.3 is 14.4 Å². The molecular formula is C17H19N3O. The summed E-state index contributed by atoms with van der Waals surface area (Å²) in [7, 11) is 0. The highest BCUT2D eigenvalue weighted by Crippen LogP contribution is 2.24. The molecule has 1 fully saturated rings. The van der Waals surface area contributed by atoms with Crippen LogP contribution in [0.4, 0.5) is 0 Å². The van der Waals surface area contributed by atoms with Crippen molar-refractivity contribution >= 4 is 10.9 Å². The van der Waals surface area contributed by atoms with Crippen molar-refractivity contribution in [2.45, 2.75) is 38.9 Å². The third kappa shape index (κ3) is 2.59. The molecule has 108 valence electrons. The van der Waals surface area contributed by atoms with Gasteiger partial charge in [-0.05, 0) is 37.5 Å². The van der Waals surface area contributed by atoms with Gasteiger partial charge in [0.25, 0.3) is 0 Å². The lowest BCUT2D eigenvalue weighted by Gasteiger charge is -2.07. The van der Waals surface area contributed by atoms with Crippen LogP contribution in [0, 0.1) is 6.92 Å². The van der Waals surface area contributed by atoms with Crippen molar-refractivity contribution in [2.24, 2.45) is 0 Å². The van der Waals surface area contributed by atoms with Gasteiger partial charge in [0.15, 0.2) is 0 Å². The predicted molar refractivity (Wildman–Crippen MR) is 82.1 cm³/mol. The fraction of sp³-hybridized carbons (Fsp3) is 0.353. The molecule has 1 aliphatic carbocycles. The highest BCUT2D eigenvalue weighted by atomic mass is 16.5. The summed E-state index contributed by atoms with van der Waals surface area (Å²) in [5.74, 6) is 0.857. The Labute approximate surface area is 123 Å². The molecule has 0 radical (unpaired) electrons. The number of fused-ring (bicyclic) bond motifs is 1. The molecule has 1 aromatic carbocycles. The fourth-order valence-electron chi connectivity index (χ4n) is 2.79. The Hall–Kier alpha value is -2.07. The molecule has 0 spiro atoms. The van der Waals surface area contributed by atoms with Gasteiger partial charge >= 0.3 is 0 Å². The number of aryl methyl sites for hydroxylation is 1. The number of nitrogens with one attached hydrogen (secondary N) is 1. The van der Waals surface area contributed by atoms with Gasteiger partial charge in [-0.3, -0.25) is 0 Å². The number of nitrogens with zero attached hydrogens (tertiary/aromatic N) is 2. The van der Waals surface area contributed by atoms with E-state index in [9.17, 15) is 0 Å². The van der Waals surface area contributed by atoms with E-state index in [-0.39, 0.29) is 0 Å². The summed E-state index contributed by atoms with van der Waals surface area (Å²) < 4.78 is 7.38. The smallest absolute Gasteiger partial charge is 0.133 e. The van der Waals surface area contributed by atoms with Gasteiger partial charge in [0.2, 0.25) is 0 Å². The van der Waals surface area contributed by atoms with Crippen LogP contribution in [-0.2, 0) is 13.1 Å². The normalized spacial score (nSPS) is 14.9. The summed E-state index contributed by atoms with van der Waals surface area (Å²) in [6.07, 6.45) is 4.78. The summed E-state index contributed by atoms with van der Waals surface area (Å²) in [4.78, 5) is 0. The van der Waals surface area contributed by atoms with E-state index in [4.69, 9.17) is 4.52 Å². The second-order valence-electron chi connectivity index (χ2n) is 5.88. The van der Waals surface area contributed by atoms with Gasteiger partial charge in [0.1, 0.15) is 11.5 Å². The van der Waals surface area contributed by atoms with Crippen molar-refractivity contribution in [1.29, 1.82) is 0 Å². The molecule has 0 atom stereocenters. The maximum Gasteiger partial charge on any atom is 0.133 e. The van der Waals surface area contributed by atoms with Crippen LogP contribution in [0.15, 0.2) is 41.1 Å². The van der Waals surface area contributed by atoms with Crippen LogP contribution in [0.3, 0.4) is 0 Å². The number of benzene rings is 1. The molecule has 1 aliphatic rings. The first-order valence-corrected chi connectivity index (χ1v) is 7.52. The first-order chi connectivity index (χ1) is 10.3. The lowest BCUT2D eigenvalue weighted by Crippen LogP contribution is -2.15. The highest BCUT2D eigenvalue weighted by molar-refractivity contribution is 5.83. The molecule has 1 saturated carbocycles. The van der Waals surface area contributed by atoms with Gasteiger partial charge in [-0.2, -0.15) is 0 Å². The van der Waals surface area contributed by atoms with E-state index in [1.165, 1.54) is 29.3 Å². The van der Waals surface area contributed by atoms with Crippen molar-refractivity contribution in [1.82, 2.24) is 15.0 Å². The molecule has 2 heterocycles. The van der Waals surface area contributed by atoms with Crippen LogP contribution in [0.5, 0.6) is 0 Å². The summed E-state index contributed by atoms with van der Waals surface area (Å²) in [6, 6.07) is 11.4. The van der Waals surface area contributed by atoms with Crippen LogP contribution < -0.4 is 5.32 Å². The molecular weight excluding hydrogens is 262 g/mol. The standard InChI is InChI=1S/C17H19N3O/c1-12-9-15(19-21-12)11-20-8-7-16-13(3-2-4-17(16)20)10-18-14-5-6-14/h2-4,7-9,14,18H,5-6,10-11H2,1H3. The van der Waals surface area contributed by atoms with E-state index in [0.29, 0.717) is 0 Å². The molecule has 0 saturated heterocycles. The van der Waals surface area contributed by atoms with E-state index >= 15 is 0 Å². The van der Waals surface area contributed by atoms with Gasteiger partial charge in [0.05, 0.1) is 6.54 Å². The van der Waals surface area contributed by atoms with Crippen molar-refractivity contribution in [3.8, 4) is 0 Å². The van der Waals surface area contributed by atoms with Crippen LogP contribution in [0.25, 0.3) is 10.9 Å². The Bertz CT molecular complexity index is 767. The average molecular weight is 281 g/mol. The quantitative estimate of drug-likeness (QED) is 0.780. The number of hydrogen-bond donors (Lipinski definition) is 1. The molecule has 4 rings (SSSR count). The number of rotatable bonds is 5. The van der Waals surface area contributed by atoms with Crippen LogP contribution in [-0.4, -0.2) is 15.8 Å². The monoisotopic (exact) mass is 281 g/mol. The van der Waals surface area contributed by atoms with Crippen molar-refractivity contribution < 1.29 is 4.52 Å². The molecule has 2 aromatic heterocycles. The minimum Gasteiger partial charge on any atom is -0.361 e. The number of aromatic nitrogens is 2. The largest absolute Gasteiger partial charge is 0.361 e. The number of hydrogen-bond acceptors (Lipinski definition) is 3. The summed E-state index contributed by atoms with van der Waals surface area (Å²) in [6.45, 7) is 3.63. The second-order valence-corrected chi connectivity index (χ2v) is 5.88. The second kappa shape index (κ2) is 5.04. The first kappa shape index (κ1) is 12.7. The van der Waals surface area contributed by atoms with Crippen molar-refractivity contribution in [2.75, 3.05) is 0 Å². The van der Waals surface area contributed by atoms with Crippen LogP contribution in [0.1, 0.15) is 29.9 Å². The molecule has 1 N–H and O–H groups in total. The Kier molecular flexibility index (Phi) is 3.04. The minimum atomic E-state index is 0.737. The molecule has 4 nitrogen and oxygen atoms in total. The van der Waals surface area contributed by atoms with Crippen molar-refractivity contribution in [3.63, 3.8) is 0 Å². The van der Waals surface area contributed by atoms with E-state index < -0.39 is 0 Å². The molecule has 0 bridgehead atoms. The van der Waals surface area contributed by atoms with Gasteiger partial charge in [-0.15, -0.1) is 0 Å². The van der Waals surface area contributed by atoms with Gasteiger partial charge in [-0.1, -0.05) is 17.3 Å². The third-order valence-electron chi connectivity index (χ3n) is 4.07. The van der Waals surface area contributed by atoms with Crippen LogP contribution in [0.2, 0.25) is 0 Å². The van der Waals surface area contributed by atoms with Gasteiger partial charge in [0, 0.05) is 35.8 Å². The Morgan fingerprint density at radius 3 is 3.00 bits per heavy atom. The molecule has 0 unspecified atom stereocenters. The van der Waals surface area contributed by atoms with Gasteiger partial charge in [-0.25, -0.2) is 0 Å². The summed E-state index contributed by atoms with van der Waals surface area (Å²) in [5.41, 5.74) is 3.59. The lowest BCUT2D eigenvalue weighted by molar-refractivity contribution is 0.389. The van der Waals surface area contributed by atoms with E-state index in [2.05, 4.69) is 45.5 Å². The zero-order valence-electron chi connectivity index (χ0n) is 12.2. The zero-order valence-corrected chi connectivity index (χ0v) is 12.2. The molecule has 4 heteroatoms. The lowest BCUT2D eigenvalue weighted by atomic mass is 10.1. The van der Waals surface area contributed by atoms with Crippen molar-refractivity contribution in [3.05, 3.63) is 53.5 Å². The first-order valence-electron chi connectivity index (χ1n) is 7.52. The van der Waals surface area contributed by atoms with E-state index in [0.717, 1.165) is 30.6 Å². The summed E-state index contributed by atoms with van der Waals surface area (Å²) >= 11 is 0. The SMILES string of the molecule is Cc1cc(Cn2ccc3c(CNC4CC4)cccc32)no1. The highest BCUT2D eigenvalue weighted by Gasteiger charge is 2.20. The Morgan fingerprint density at radius 1 is 1.33 bits per heavy atom. The average Bonchev–Trinajstić information content (AvgIpc) is 3.10. The Balaban J connectivity index is 1.62. The third-order valence-corrected chi connectivity index (χ3v) is 4.07. The van der Waals surface area contributed by atoms with Crippen LogP contribution >= 0.6 is 0 Å². The molecule has 0 aliphatic heterocycles.